The van der Waals surface area contributed by atoms with Crippen molar-refractivity contribution in [1.82, 2.24) is 32.0 Å². The molecule has 26 aromatic rings. The SMILES string of the molecule is CC1(C)c2ccccc2Sc2cc3c(cc21)c1ccccc1n3-c1cccc(-c2cccc(-n3c4ccccc4c4ccc5c6ccccc6n(-c6ccccc6)c5c43)c2)c1.c1ccc(-n2c3ccccc3c3cc4c5cc(-c6ccc7c(c6)c6ccc8c9ccccc9n(-c9ccccc9)c8c6n7-c6ccccc6)ccc5n(-c5ccccc5)c4cc32)cc1. The highest BCUT2D eigenvalue weighted by Crippen LogP contribution is 2.53. The largest absolute Gasteiger partial charge is 0.309 e. The van der Waals surface area contributed by atoms with Gasteiger partial charge in [0.1, 0.15) is 0 Å². The van der Waals surface area contributed by atoms with E-state index in [2.05, 4.69) is 477 Å². The van der Waals surface area contributed by atoms with E-state index in [9.17, 15) is 0 Å². The fourth-order valence-electron chi connectivity index (χ4n) is 21.2. The number of hydrogen-bond acceptors (Lipinski definition) is 1. The van der Waals surface area contributed by atoms with Gasteiger partial charge >= 0.3 is 0 Å². The third-order valence-electron chi connectivity index (χ3n) is 26.8. The third kappa shape index (κ3) is 10.7. The highest BCUT2D eigenvalue weighted by Gasteiger charge is 2.35. The lowest BCUT2D eigenvalue weighted by Gasteiger charge is -2.34. The lowest BCUT2D eigenvalue weighted by Crippen LogP contribution is -2.23. The van der Waals surface area contributed by atoms with Gasteiger partial charge in [-0.15, -0.1) is 0 Å². The molecule has 0 N–H and O–H groups in total. The lowest BCUT2D eigenvalue weighted by atomic mass is 9.77. The van der Waals surface area contributed by atoms with Crippen LogP contribution in [0.1, 0.15) is 25.0 Å². The van der Waals surface area contributed by atoms with E-state index in [1.807, 2.05) is 11.8 Å². The predicted octanol–water partition coefficient (Wildman–Crippen LogP) is 31.2. The molecule has 0 atom stereocenters. The van der Waals surface area contributed by atoms with Gasteiger partial charge in [0.2, 0.25) is 0 Å². The van der Waals surface area contributed by atoms with Crippen LogP contribution in [0.5, 0.6) is 0 Å². The first-order valence-electron chi connectivity index (χ1n) is 43.1. The number of para-hydroxylation sites is 10. The minimum atomic E-state index is -0.0975. The van der Waals surface area contributed by atoms with Gasteiger partial charge in [-0.3, -0.25) is 0 Å². The monoisotopic (exact) mass is 1610 g/mol. The molecular weight excluding hydrogens is 1540 g/mol. The van der Waals surface area contributed by atoms with E-state index < -0.39 is 0 Å². The number of nitrogens with zero attached hydrogens (tertiary/aromatic N) is 7. The molecule has 0 bridgehead atoms. The van der Waals surface area contributed by atoms with Crippen LogP contribution >= 0.6 is 11.8 Å². The molecule has 0 fully saturated rings. The summed E-state index contributed by atoms with van der Waals surface area (Å²) >= 11 is 1.90. The van der Waals surface area contributed by atoms with Gasteiger partial charge in [0, 0.05) is 130 Å². The number of rotatable bonds is 9. The summed E-state index contributed by atoms with van der Waals surface area (Å²) < 4.78 is 17.2. The molecule has 0 spiro atoms. The fourth-order valence-corrected chi connectivity index (χ4v) is 22.6. The Balaban J connectivity index is 0.000000133. The maximum Gasteiger partial charge on any atom is 0.0788 e. The number of benzene rings is 19. The summed E-state index contributed by atoms with van der Waals surface area (Å²) in [6.07, 6.45) is 0. The second kappa shape index (κ2) is 27.6. The van der Waals surface area contributed by atoms with Crippen molar-refractivity contribution in [3.63, 3.8) is 0 Å². The van der Waals surface area contributed by atoms with Crippen molar-refractivity contribution in [3.05, 3.63) is 442 Å². The van der Waals surface area contributed by atoms with Crippen LogP contribution in [0, 0.1) is 0 Å². The molecular formula is C117H77N7S. The minimum absolute atomic E-state index is 0.0975. The first-order chi connectivity index (χ1) is 61.8. The molecule has 0 aliphatic carbocycles. The van der Waals surface area contributed by atoms with Crippen molar-refractivity contribution in [3.8, 4) is 62.1 Å². The number of aromatic nitrogens is 7. The lowest BCUT2D eigenvalue weighted by molar-refractivity contribution is 0.608. The summed E-state index contributed by atoms with van der Waals surface area (Å²) in [5.41, 5.74) is 32.3. The molecule has 27 rings (SSSR count). The Morgan fingerprint density at radius 2 is 0.440 bits per heavy atom. The maximum atomic E-state index is 2.49. The van der Waals surface area contributed by atoms with Gasteiger partial charge in [-0.2, -0.15) is 0 Å². The van der Waals surface area contributed by atoms with Crippen LogP contribution in [-0.4, -0.2) is 32.0 Å². The Hall–Kier alpha value is -15.9. The Bertz CT molecular complexity index is 8960. The van der Waals surface area contributed by atoms with Crippen molar-refractivity contribution >= 4 is 164 Å². The summed E-state index contributed by atoms with van der Waals surface area (Å²) in [4.78, 5) is 2.67. The van der Waals surface area contributed by atoms with Crippen LogP contribution in [0.15, 0.2) is 441 Å². The van der Waals surface area contributed by atoms with E-state index in [1.54, 1.807) is 0 Å². The van der Waals surface area contributed by atoms with Crippen LogP contribution in [0.2, 0.25) is 0 Å². The average Bonchev–Trinajstić information content (AvgIpc) is 1.57. The molecule has 19 aromatic carbocycles. The molecule has 0 saturated carbocycles. The van der Waals surface area contributed by atoms with E-state index in [0.717, 1.165) is 39.8 Å². The molecule has 8 heteroatoms. The third-order valence-corrected chi connectivity index (χ3v) is 27.9. The molecule has 125 heavy (non-hydrogen) atoms. The van der Waals surface area contributed by atoms with Crippen LogP contribution in [0.3, 0.4) is 0 Å². The van der Waals surface area contributed by atoms with Crippen molar-refractivity contribution in [1.29, 1.82) is 0 Å². The first kappa shape index (κ1) is 70.9. The summed E-state index contributed by atoms with van der Waals surface area (Å²) in [7, 11) is 0. The van der Waals surface area contributed by atoms with E-state index in [-0.39, 0.29) is 5.41 Å². The van der Waals surface area contributed by atoms with E-state index in [0.29, 0.717) is 0 Å². The molecule has 1 aliphatic rings. The van der Waals surface area contributed by atoms with Gasteiger partial charge in [0.15, 0.2) is 0 Å². The topological polar surface area (TPSA) is 34.5 Å². The van der Waals surface area contributed by atoms with Gasteiger partial charge in [0.05, 0.1) is 77.2 Å². The van der Waals surface area contributed by atoms with Gasteiger partial charge < -0.3 is 32.0 Å². The van der Waals surface area contributed by atoms with Crippen LogP contribution in [0.25, 0.3) is 215 Å². The standard InChI is InChI=1S/C60H38N4.C57H39N3S/c1-5-17-41(18-6-1)61-53-27-15-14-26-46(53)51-37-52-50-36-40(29-33-55(50)62(58(52)38-57(51)61)42-19-7-2-8-20-42)39-30-34-56-49(35-39)48-32-31-47-45-25-13-16-28-54(45)63(43-21-9-3-10-22-43)59(47)60(48)64(56)44-23-11-4-12-24-44;1-57(2)47-25-9-13-29-53(47)61-54-35-52-46(34-48(54)57)43-24-8-10-26-49(43)58(52)39-20-14-16-36(32-39)37-17-15-21-40(33-37)60-51-28-12-7-23-42(51)45-31-30-44-41-22-6-11-27-50(41)59(55(44)56(45)60)38-18-4-3-5-19-38/h1-38H;3-35H,1-2H3. The first-order valence-corrected chi connectivity index (χ1v) is 43.9. The normalized spacial score (nSPS) is 12.8. The Morgan fingerprint density at radius 3 is 0.880 bits per heavy atom. The maximum absolute atomic E-state index is 2.49. The molecule has 0 unspecified atom stereocenters. The second-order valence-electron chi connectivity index (χ2n) is 33.9. The average molecular weight is 1610 g/mol. The van der Waals surface area contributed by atoms with Crippen molar-refractivity contribution in [2.45, 2.75) is 29.1 Å². The Morgan fingerprint density at radius 1 is 0.160 bits per heavy atom. The molecule has 0 radical (unpaired) electrons. The summed E-state index contributed by atoms with van der Waals surface area (Å²) in [6, 6.07) is 158. The van der Waals surface area contributed by atoms with E-state index in [1.165, 1.54) is 196 Å². The second-order valence-corrected chi connectivity index (χ2v) is 35.0. The summed E-state index contributed by atoms with van der Waals surface area (Å²) in [5.74, 6) is 0. The van der Waals surface area contributed by atoms with E-state index in [4.69, 9.17) is 0 Å². The van der Waals surface area contributed by atoms with Crippen molar-refractivity contribution in [2.24, 2.45) is 0 Å². The Labute approximate surface area is 724 Å². The van der Waals surface area contributed by atoms with Crippen LogP contribution in [-0.2, 0) is 5.41 Å². The zero-order chi connectivity index (χ0) is 82.3. The summed E-state index contributed by atoms with van der Waals surface area (Å²) in [6.45, 7) is 4.75. The minimum Gasteiger partial charge on any atom is -0.309 e. The summed E-state index contributed by atoms with van der Waals surface area (Å²) in [5, 5.41) is 17.5. The molecule has 7 aromatic heterocycles. The van der Waals surface area contributed by atoms with Gasteiger partial charge in [-0.1, -0.05) is 286 Å². The highest BCUT2D eigenvalue weighted by molar-refractivity contribution is 7.99. The predicted molar refractivity (Wildman–Crippen MR) is 527 cm³/mol. The van der Waals surface area contributed by atoms with Crippen molar-refractivity contribution in [2.75, 3.05) is 0 Å². The van der Waals surface area contributed by atoms with Crippen LogP contribution in [0.4, 0.5) is 0 Å². The van der Waals surface area contributed by atoms with Gasteiger partial charge in [0.25, 0.3) is 0 Å². The van der Waals surface area contributed by atoms with E-state index >= 15 is 0 Å². The van der Waals surface area contributed by atoms with Gasteiger partial charge in [-0.25, -0.2) is 0 Å². The molecule has 8 heterocycles. The highest BCUT2D eigenvalue weighted by atomic mass is 32.2. The van der Waals surface area contributed by atoms with Crippen LogP contribution < -0.4 is 0 Å². The zero-order valence-electron chi connectivity index (χ0n) is 68.5. The molecule has 586 valence electrons. The fraction of sp³-hybridized carbons (Fsp3) is 0.0256. The molecule has 0 saturated heterocycles. The quantitative estimate of drug-likeness (QED) is 0.142. The number of fused-ring (bicyclic) bond motifs is 25. The number of hydrogen-bond donors (Lipinski definition) is 0. The zero-order valence-corrected chi connectivity index (χ0v) is 69.3. The molecule has 0 amide bonds. The van der Waals surface area contributed by atoms with Crippen molar-refractivity contribution < 1.29 is 0 Å². The van der Waals surface area contributed by atoms with Gasteiger partial charge in [-0.05, 0) is 203 Å². The molecule has 7 nitrogen and oxygen atoms in total. The Kier molecular flexibility index (Phi) is 15.6. The molecule has 1 aliphatic heterocycles. The smallest absolute Gasteiger partial charge is 0.0788 e.